The second kappa shape index (κ2) is 10.4. The van der Waals surface area contributed by atoms with Crippen LogP contribution in [0.3, 0.4) is 0 Å². The fourth-order valence-corrected chi connectivity index (χ4v) is 2.06. The molecule has 0 amide bonds. The summed E-state index contributed by atoms with van der Waals surface area (Å²) in [5.41, 5.74) is 6.52. The molecule has 0 unspecified atom stereocenters. The molecular formula is C15H17Cl2IN4O2. The number of nitrogens with one attached hydrogen (secondary N) is 1. The van der Waals surface area contributed by atoms with Gasteiger partial charge in [0.15, 0.2) is 5.96 Å². The van der Waals surface area contributed by atoms with Crippen LogP contribution in [0.15, 0.2) is 41.5 Å². The lowest BCUT2D eigenvalue weighted by Gasteiger charge is -2.08. The van der Waals surface area contributed by atoms with Crippen molar-refractivity contribution in [3.8, 4) is 11.6 Å². The number of anilines is 1. The molecule has 6 nitrogen and oxygen atoms in total. The van der Waals surface area contributed by atoms with Crippen LogP contribution in [0.1, 0.15) is 0 Å². The van der Waals surface area contributed by atoms with Crippen molar-refractivity contribution >= 4 is 58.8 Å². The molecular weight excluding hydrogens is 466 g/mol. The van der Waals surface area contributed by atoms with Gasteiger partial charge in [-0.05, 0) is 24.3 Å². The highest BCUT2D eigenvalue weighted by Crippen LogP contribution is 2.26. The molecule has 0 atom stereocenters. The first kappa shape index (κ1) is 20.6. The number of pyridine rings is 1. The lowest BCUT2D eigenvalue weighted by Crippen LogP contribution is -2.23. The molecule has 0 saturated carbocycles. The number of aliphatic imine (C=N–C) groups is 1. The van der Waals surface area contributed by atoms with Crippen molar-refractivity contribution in [2.75, 3.05) is 25.6 Å². The van der Waals surface area contributed by atoms with Crippen LogP contribution in [0.4, 0.5) is 5.69 Å². The summed E-state index contributed by atoms with van der Waals surface area (Å²) in [6, 6.07) is 8.63. The molecule has 0 aliphatic heterocycles. The van der Waals surface area contributed by atoms with E-state index in [0.717, 1.165) is 5.69 Å². The molecule has 9 heteroatoms. The minimum atomic E-state index is 0. The molecule has 2 rings (SSSR count). The van der Waals surface area contributed by atoms with E-state index in [1.807, 2.05) is 0 Å². The number of hydrogen-bond donors (Lipinski definition) is 2. The molecule has 2 aromatic rings. The molecule has 0 saturated heterocycles. The number of benzene rings is 1. The van der Waals surface area contributed by atoms with E-state index in [0.29, 0.717) is 34.8 Å². The molecule has 0 radical (unpaired) electrons. The van der Waals surface area contributed by atoms with Crippen LogP contribution in [0.5, 0.6) is 11.6 Å². The summed E-state index contributed by atoms with van der Waals surface area (Å²) in [6.45, 7) is 0.730. The number of nitrogens with zero attached hydrogens (tertiary/aromatic N) is 2. The maximum atomic E-state index is 6.04. The smallest absolute Gasteiger partial charge is 0.213 e. The number of halogens is 3. The van der Waals surface area contributed by atoms with Crippen LogP contribution in [0.2, 0.25) is 10.0 Å². The van der Waals surface area contributed by atoms with Crippen molar-refractivity contribution in [1.82, 2.24) is 4.98 Å². The quantitative estimate of drug-likeness (QED) is 0.283. The van der Waals surface area contributed by atoms with Gasteiger partial charge >= 0.3 is 0 Å². The molecule has 3 N–H and O–H groups in total. The maximum absolute atomic E-state index is 6.04. The van der Waals surface area contributed by atoms with Gasteiger partial charge in [-0.2, -0.15) is 0 Å². The van der Waals surface area contributed by atoms with Gasteiger partial charge in [-0.3, -0.25) is 0 Å². The zero-order valence-corrected chi connectivity index (χ0v) is 16.7. The molecule has 0 aliphatic carbocycles. The van der Waals surface area contributed by atoms with Gasteiger partial charge in [0.2, 0.25) is 5.88 Å². The Bertz CT molecular complexity index is 684. The van der Waals surface area contributed by atoms with Gasteiger partial charge in [0, 0.05) is 18.0 Å². The summed E-state index contributed by atoms with van der Waals surface area (Å²) in [5.74, 6) is 1.34. The van der Waals surface area contributed by atoms with Crippen LogP contribution in [-0.2, 0) is 0 Å². The zero-order valence-electron chi connectivity index (χ0n) is 12.8. The lowest BCUT2D eigenvalue weighted by molar-refractivity contribution is 0.316. The summed E-state index contributed by atoms with van der Waals surface area (Å²) < 4.78 is 10.5. The Kier molecular flexibility index (Phi) is 8.94. The van der Waals surface area contributed by atoms with Crippen LogP contribution in [0.25, 0.3) is 0 Å². The standard InChI is InChI=1S/C15H16Cl2N4O2.HI/c1-22-13-4-3-11(8-12(13)17)21-15(18)19-6-7-23-14-5-2-10(16)9-20-14;/h2-5,8-9H,6-7H2,1H3,(H3,18,19,21);1H. The third kappa shape index (κ3) is 6.58. The van der Waals surface area contributed by atoms with Crippen LogP contribution in [0, 0.1) is 0 Å². The fourth-order valence-electron chi connectivity index (χ4n) is 1.70. The highest BCUT2D eigenvalue weighted by Gasteiger charge is 2.02. The van der Waals surface area contributed by atoms with E-state index >= 15 is 0 Å². The van der Waals surface area contributed by atoms with Crippen LogP contribution < -0.4 is 20.5 Å². The summed E-state index contributed by atoms with van der Waals surface area (Å²) in [5, 5.41) is 3.99. The minimum absolute atomic E-state index is 0. The Morgan fingerprint density at radius 3 is 2.71 bits per heavy atom. The van der Waals surface area contributed by atoms with E-state index in [1.165, 1.54) is 6.20 Å². The number of nitrogens with two attached hydrogens (primary N) is 1. The predicted octanol–water partition coefficient (Wildman–Crippen LogP) is 3.82. The molecule has 1 heterocycles. The van der Waals surface area contributed by atoms with Crippen molar-refractivity contribution < 1.29 is 9.47 Å². The van der Waals surface area contributed by atoms with Crippen LogP contribution in [-0.4, -0.2) is 31.2 Å². The highest BCUT2D eigenvalue weighted by molar-refractivity contribution is 14.0. The third-order valence-electron chi connectivity index (χ3n) is 2.75. The van der Waals surface area contributed by atoms with Gasteiger partial charge in [-0.25, -0.2) is 9.98 Å². The Morgan fingerprint density at radius 1 is 1.29 bits per heavy atom. The van der Waals surface area contributed by atoms with E-state index in [4.69, 9.17) is 38.4 Å². The second-order valence-electron chi connectivity index (χ2n) is 4.40. The number of aromatic nitrogens is 1. The van der Waals surface area contributed by atoms with Gasteiger partial charge in [-0.1, -0.05) is 23.2 Å². The van der Waals surface area contributed by atoms with Gasteiger partial charge in [0.05, 0.1) is 23.7 Å². The second-order valence-corrected chi connectivity index (χ2v) is 5.25. The summed E-state index contributed by atoms with van der Waals surface area (Å²) in [6.07, 6.45) is 1.52. The first-order chi connectivity index (χ1) is 11.1. The molecule has 24 heavy (non-hydrogen) atoms. The SMILES string of the molecule is COc1ccc(NC(N)=NCCOc2ccc(Cl)cn2)cc1Cl.I. The van der Waals surface area contributed by atoms with E-state index < -0.39 is 0 Å². The van der Waals surface area contributed by atoms with E-state index in [-0.39, 0.29) is 29.9 Å². The third-order valence-corrected chi connectivity index (χ3v) is 3.27. The van der Waals surface area contributed by atoms with Gasteiger partial charge in [0.25, 0.3) is 0 Å². The average molecular weight is 483 g/mol. The van der Waals surface area contributed by atoms with Gasteiger partial charge < -0.3 is 20.5 Å². The topological polar surface area (TPSA) is 81.8 Å². The zero-order chi connectivity index (χ0) is 16.7. The van der Waals surface area contributed by atoms with Crippen molar-refractivity contribution in [2.45, 2.75) is 0 Å². The summed E-state index contributed by atoms with van der Waals surface area (Å²) in [7, 11) is 1.56. The van der Waals surface area contributed by atoms with E-state index in [1.54, 1.807) is 37.4 Å². The van der Waals surface area contributed by atoms with Crippen molar-refractivity contribution in [2.24, 2.45) is 10.7 Å². The predicted molar refractivity (Wildman–Crippen MR) is 108 cm³/mol. The Labute approximate surface area is 167 Å². The Hall–Kier alpha value is -1.45. The average Bonchev–Trinajstić information content (AvgIpc) is 2.53. The normalized spacial score (nSPS) is 10.7. The first-order valence-corrected chi connectivity index (χ1v) is 7.49. The number of rotatable bonds is 6. The summed E-state index contributed by atoms with van der Waals surface area (Å²) in [4.78, 5) is 8.17. The summed E-state index contributed by atoms with van der Waals surface area (Å²) >= 11 is 11.8. The Morgan fingerprint density at radius 2 is 2.08 bits per heavy atom. The van der Waals surface area contributed by atoms with Crippen molar-refractivity contribution in [3.05, 3.63) is 46.6 Å². The van der Waals surface area contributed by atoms with E-state index in [9.17, 15) is 0 Å². The van der Waals surface area contributed by atoms with E-state index in [2.05, 4.69) is 15.3 Å². The monoisotopic (exact) mass is 482 g/mol. The van der Waals surface area contributed by atoms with Crippen molar-refractivity contribution in [3.63, 3.8) is 0 Å². The number of guanidine groups is 1. The molecule has 130 valence electrons. The first-order valence-electron chi connectivity index (χ1n) is 6.73. The van der Waals surface area contributed by atoms with Crippen LogP contribution >= 0.6 is 47.2 Å². The number of methoxy groups -OCH3 is 1. The Balaban J connectivity index is 0.00000288. The van der Waals surface area contributed by atoms with Gasteiger partial charge in [0.1, 0.15) is 12.4 Å². The highest BCUT2D eigenvalue weighted by atomic mass is 127. The molecule has 1 aromatic heterocycles. The maximum Gasteiger partial charge on any atom is 0.213 e. The minimum Gasteiger partial charge on any atom is -0.495 e. The lowest BCUT2D eigenvalue weighted by atomic mass is 10.3. The largest absolute Gasteiger partial charge is 0.495 e. The van der Waals surface area contributed by atoms with Gasteiger partial charge in [-0.15, -0.1) is 24.0 Å². The molecule has 0 bridgehead atoms. The molecule has 0 aliphatic rings. The molecule has 1 aromatic carbocycles. The fraction of sp³-hybridized carbons (Fsp3) is 0.200. The molecule has 0 fully saturated rings. The molecule has 0 spiro atoms. The number of hydrogen-bond acceptors (Lipinski definition) is 4. The van der Waals surface area contributed by atoms with Crippen molar-refractivity contribution in [1.29, 1.82) is 0 Å². The number of ether oxygens (including phenoxy) is 2.